The molecule has 27 heavy (non-hydrogen) atoms. The Morgan fingerprint density at radius 3 is 2.37 bits per heavy atom. The van der Waals surface area contributed by atoms with Gasteiger partial charge in [-0.3, -0.25) is 24.6 Å². The van der Waals surface area contributed by atoms with E-state index in [1.165, 1.54) is 12.1 Å². The molecular weight excluding hydrogens is 348 g/mol. The molecule has 0 aromatic heterocycles. The number of piperazine rings is 1. The topological polar surface area (TPSA) is 87.0 Å². The van der Waals surface area contributed by atoms with Crippen molar-refractivity contribution in [2.45, 2.75) is 27.2 Å². The highest BCUT2D eigenvalue weighted by molar-refractivity contribution is 5.97. The zero-order chi connectivity index (χ0) is 19.8. The van der Waals surface area contributed by atoms with Crippen LogP contribution in [0.4, 0.5) is 11.4 Å². The number of nitro groups is 1. The molecule has 1 aromatic rings. The summed E-state index contributed by atoms with van der Waals surface area (Å²) in [6, 6.07) is 4.70. The Labute approximate surface area is 158 Å². The molecule has 2 amide bonds. The number of non-ortho nitro benzene ring substituents is 1. The lowest BCUT2D eigenvalue weighted by Crippen LogP contribution is -2.53. The maximum absolute atomic E-state index is 12.8. The van der Waals surface area contributed by atoms with Crippen molar-refractivity contribution < 1.29 is 14.5 Å². The van der Waals surface area contributed by atoms with Crippen molar-refractivity contribution >= 4 is 23.2 Å². The van der Waals surface area contributed by atoms with Gasteiger partial charge in [0.2, 0.25) is 11.8 Å². The van der Waals surface area contributed by atoms with Crippen LogP contribution in [0.5, 0.6) is 0 Å². The highest BCUT2D eigenvalue weighted by Crippen LogP contribution is 2.31. The molecule has 1 aromatic carbocycles. The average molecular weight is 374 g/mol. The Balaban J connectivity index is 1.60. The molecule has 2 aliphatic heterocycles. The second kappa shape index (κ2) is 7.26. The first-order chi connectivity index (χ1) is 12.7. The van der Waals surface area contributed by atoms with E-state index in [1.54, 1.807) is 11.0 Å². The minimum absolute atomic E-state index is 0.00255. The third-order valence-corrected chi connectivity index (χ3v) is 5.14. The van der Waals surface area contributed by atoms with Crippen LogP contribution >= 0.6 is 0 Å². The summed E-state index contributed by atoms with van der Waals surface area (Å²) in [5, 5.41) is 11.0. The van der Waals surface area contributed by atoms with Crippen LogP contribution in [0.2, 0.25) is 0 Å². The summed E-state index contributed by atoms with van der Waals surface area (Å²) in [7, 11) is 0. The quantitative estimate of drug-likeness (QED) is 0.593. The van der Waals surface area contributed by atoms with Gasteiger partial charge in [-0.2, -0.15) is 0 Å². The fraction of sp³-hybridized carbons (Fsp3) is 0.579. The fourth-order valence-corrected chi connectivity index (χ4v) is 3.60. The minimum Gasteiger partial charge on any atom is -0.340 e. The van der Waals surface area contributed by atoms with Crippen molar-refractivity contribution in [3.05, 3.63) is 33.9 Å². The van der Waals surface area contributed by atoms with Crippen LogP contribution in [-0.4, -0.2) is 65.8 Å². The molecule has 1 fully saturated rings. The standard InChI is InChI=1S/C19H26N4O4/c1-19(2,3)18(25)21-10-8-20(9-11-21)13-17(24)22-7-6-14-4-5-15(23(26)27)12-16(14)22/h4-5,12H,6-11,13H2,1-3H3. The highest BCUT2D eigenvalue weighted by Gasteiger charge is 2.32. The number of fused-ring (bicyclic) bond motifs is 1. The molecule has 3 rings (SSSR count). The normalized spacial score (nSPS) is 17.7. The van der Waals surface area contributed by atoms with Gasteiger partial charge in [0.1, 0.15) is 0 Å². The number of hydrogen-bond acceptors (Lipinski definition) is 5. The molecule has 0 bridgehead atoms. The second-order valence-electron chi connectivity index (χ2n) is 8.18. The van der Waals surface area contributed by atoms with Gasteiger partial charge in [-0.1, -0.05) is 26.8 Å². The molecule has 2 heterocycles. The Morgan fingerprint density at radius 1 is 1.11 bits per heavy atom. The van der Waals surface area contributed by atoms with Crippen molar-refractivity contribution in [1.82, 2.24) is 9.80 Å². The predicted octanol–water partition coefficient (Wildman–Crippen LogP) is 1.67. The van der Waals surface area contributed by atoms with Crippen molar-refractivity contribution in [3.63, 3.8) is 0 Å². The lowest BCUT2D eigenvalue weighted by Gasteiger charge is -2.37. The number of anilines is 1. The first-order valence-corrected chi connectivity index (χ1v) is 9.26. The van der Waals surface area contributed by atoms with Crippen molar-refractivity contribution in [3.8, 4) is 0 Å². The van der Waals surface area contributed by atoms with Gasteiger partial charge in [0.05, 0.1) is 17.2 Å². The third-order valence-electron chi connectivity index (χ3n) is 5.14. The maximum Gasteiger partial charge on any atom is 0.271 e. The molecule has 0 radical (unpaired) electrons. The Morgan fingerprint density at radius 2 is 1.78 bits per heavy atom. The van der Waals surface area contributed by atoms with E-state index in [2.05, 4.69) is 0 Å². The molecule has 8 nitrogen and oxygen atoms in total. The van der Waals surface area contributed by atoms with E-state index in [0.29, 0.717) is 44.8 Å². The largest absolute Gasteiger partial charge is 0.340 e. The maximum atomic E-state index is 12.8. The van der Waals surface area contributed by atoms with Gasteiger partial charge in [0.15, 0.2) is 0 Å². The molecule has 0 N–H and O–H groups in total. The SMILES string of the molecule is CC(C)(C)C(=O)N1CCN(CC(=O)N2CCc3ccc([N+](=O)[O-])cc32)CC1. The molecular formula is C19H26N4O4. The molecule has 1 saturated heterocycles. The summed E-state index contributed by atoms with van der Waals surface area (Å²) in [5.74, 6) is 0.0825. The summed E-state index contributed by atoms with van der Waals surface area (Å²) in [6.45, 7) is 9.10. The van der Waals surface area contributed by atoms with Crippen LogP contribution in [0.3, 0.4) is 0 Å². The monoisotopic (exact) mass is 374 g/mol. The van der Waals surface area contributed by atoms with Crippen molar-refractivity contribution in [2.75, 3.05) is 44.2 Å². The number of carbonyl (C=O) groups excluding carboxylic acids is 2. The van der Waals surface area contributed by atoms with E-state index < -0.39 is 10.3 Å². The van der Waals surface area contributed by atoms with E-state index in [0.717, 1.165) is 5.56 Å². The Hall–Kier alpha value is -2.48. The zero-order valence-electron chi connectivity index (χ0n) is 16.1. The molecule has 146 valence electrons. The van der Waals surface area contributed by atoms with Crippen molar-refractivity contribution in [2.24, 2.45) is 5.41 Å². The van der Waals surface area contributed by atoms with E-state index in [-0.39, 0.29) is 24.0 Å². The van der Waals surface area contributed by atoms with E-state index in [1.807, 2.05) is 30.6 Å². The number of hydrogen-bond donors (Lipinski definition) is 0. The molecule has 8 heteroatoms. The fourth-order valence-electron chi connectivity index (χ4n) is 3.60. The summed E-state index contributed by atoms with van der Waals surface area (Å²) >= 11 is 0. The van der Waals surface area contributed by atoms with Crippen LogP contribution in [0, 0.1) is 15.5 Å². The number of rotatable bonds is 3. The molecule has 0 atom stereocenters. The summed E-state index contributed by atoms with van der Waals surface area (Å²) < 4.78 is 0. The Bertz CT molecular complexity index is 763. The van der Waals surface area contributed by atoms with E-state index in [4.69, 9.17) is 0 Å². The number of carbonyl (C=O) groups is 2. The summed E-state index contributed by atoms with van der Waals surface area (Å²) in [5.41, 5.74) is 1.22. The molecule has 0 unspecified atom stereocenters. The number of benzene rings is 1. The highest BCUT2D eigenvalue weighted by atomic mass is 16.6. The van der Waals surface area contributed by atoms with Gasteiger partial charge in [-0.05, 0) is 12.0 Å². The molecule has 0 saturated carbocycles. The van der Waals surface area contributed by atoms with Crippen LogP contribution in [0.25, 0.3) is 0 Å². The smallest absolute Gasteiger partial charge is 0.271 e. The minimum atomic E-state index is -0.438. The zero-order valence-corrected chi connectivity index (χ0v) is 16.1. The van der Waals surface area contributed by atoms with Gasteiger partial charge in [0.25, 0.3) is 5.69 Å². The Kier molecular flexibility index (Phi) is 5.19. The average Bonchev–Trinajstić information content (AvgIpc) is 3.04. The van der Waals surface area contributed by atoms with Gasteiger partial charge in [0, 0.05) is 50.3 Å². The van der Waals surface area contributed by atoms with Crippen LogP contribution < -0.4 is 4.90 Å². The molecule has 2 aliphatic rings. The lowest BCUT2D eigenvalue weighted by molar-refractivity contribution is -0.384. The van der Waals surface area contributed by atoms with Crippen LogP contribution in [-0.2, 0) is 16.0 Å². The van der Waals surface area contributed by atoms with Gasteiger partial charge in [-0.25, -0.2) is 0 Å². The third kappa shape index (κ3) is 4.10. The summed E-state index contributed by atoms with van der Waals surface area (Å²) in [4.78, 5) is 41.2. The van der Waals surface area contributed by atoms with Gasteiger partial charge >= 0.3 is 0 Å². The number of nitro benzene ring substituents is 1. The second-order valence-corrected chi connectivity index (χ2v) is 8.18. The van der Waals surface area contributed by atoms with E-state index >= 15 is 0 Å². The van der Waals surface area contributed by atoms with Crippen LogP contribution in [0.15, 0.2) is 18.2 Å². The predicted molar refractivity (Wildman–Crippen MR) is 102 cm³/mol. The van der Waals surface area contributed by atoms with E-state index in [9.17, 15) is 19.7 Å². The lowest BCUT2D eigenvalue weighted by atomic mass is 9.94. The first kappa shape index (κ1) is 19.3. The van der Waals surface area contributed by atoms with Crippen LogP contribution in [0.1, 0.15) is 26.3 Å². The number of nitrogens with zero attached hydrogens (tertiary/aromatic N) is 4. The number of amides is 2. The first-order valence-electron chi connectivity index (χ1n) is 9.26. The molecule has 0 spiro atoms. The summed E-state index contributed by atoms with van der Waals surface area (Å²) in [6.07, 6.45) is 0.715. The van der Waals surface area contributed by atoms with Crippen molar-refractivity contribution in [1.29, 1.82) is 0 Å². The van der Waals surface area contributed by atoms with Gasteiger partial charge < -0.3 is 9.80 Å². The molecule has 0 aliphatic carbocycles. The van der Waals surface area contributed by atoms with Gasteiger partial charge in [-0.15, -0.1) is 0 Å².